The number of fused-ring (bicyclic) bond motifs is 1. The number of anilines is 1. The van der Waals surface area contributed by atoms with Crippen LogP contribution in [0.5, 0.6) is 0 Å². The lowest BCUT2D eigenvalue weighted by Crippen LogP contribution is -2.37. The molecule has 1 amide bonds. The molecule has 3 heterocycles. The number of benzene rings is 1. The lowest BCUT2D eigenvalue weighted by molar-refractivity contribution is -0.116. The standard InChI is InChI=1S/C22H26N6O2S/c1-2-31-22-25-20(27-12-14-30-15-13-27)18-16-24-28(21(18)26-22)11-10-23-19(29)9-8-17-6-4-3-5-7-17/h3-9,16H,2,10-15H2,1H3,(H,23,29). The molecule has 0 unspecified atom stereocenters. The number of morpholine rings is 1. The van der Waals surface area contributed by atoms with Crippen molar-refractivity contribution in [2.45, 2.75) is 18.6 Å². The maximum absolute atomic E-state index is 12.1. The second-order valence-corrected chi connectivity index (χ2v) is 8.23. The van der Waals surface area contributed by atoms with Crippen LogP contribution in [0.1, 0.15) is 12.5 Å². The van der Waals surface area contributed by atoms with Gasteiger partial charge in [-0.3, -0.25) is 4.79 Å². The fourth-order valence-corrected chi connectivity index (χ4v) is 3.93. The van der Waals surface area contributed by atoms with E-state index in [2.05, 4.69) is 22.2 Å². The number of hydrogen-bond acceptors (Lipinski definition) is 7. The molecule has 1 aromatic carbocycles. The molecule has 2 aromatic heterocycles. The number of thioether (sulfide) groups is 1. The molecule has 0 spiro atoms. The van der Waals surface area contributed by atoms with E-state index in [9.17, 15) is 4.79 Å². The van der Waals surface area contributed by atoms with Crippen molar-refractivity contribution in [1.82, 2.24) is 25.1 Å². The summed E-state index contributed by atoms with van der Waals surface area (Å²) >= 11 is 1.61. The molecule has 1 fully saturated rings. The molecule has 0 saturated carbocycles. The van der Waals surface area contributed by atoms with Crippen LogP contribution >= 0.6 is 11.8 Å². The second kappa shape index (κ2) is 10.4. The zero-order valence-electron chi connectivity index (χ0n) is 17.5. The molecule has 1 saturated heterocycles. The molecule has 0 aliphatic carbocycles. The first-order chi connectivity index (χ1) is 15.2. The third-order valence-corrected chi connectivity index (χ3v) is 5.62. The minimum atomic E-state index is -0.133. The van der Waals surface area contributed by atoms with Crippen molar-refractivity contribution in [2.75, 3.05) is 43.5 Å². The zero-order valence-corrected chi connectivity index (χ0v) is 18.3. The van der Waals surface area contributed by atoms with E-state index in [-0.39, 0.29) is 5.91 Å². The lowest BCUT2D eigenvalue weighted by atomic mass is 10.2. The van der Waals surface area contributed by atoms with E-state index in [1.165, 1.54) is 0 Å². The van der Waals surface area contributed by atoms with E-state index in [4.69, 9.17) is 14.7 Å². The number of amides is 1. The summed E-state index contributed by atoms with van der Waals surface area (Å²) in [5.74, 6) is 1.67. The summed E-state index contributed by atoms with van der Waals surface area (Å²) in [4.78, 5) is 23.9. The normalized spacial score (nSPS) is 14.4. The number of carbonyl (C=O) groups is 1. The Hall–Kier alpha value is -2.91. The fourth-order valence-electron chi connectivity index (χ4n) is 3.37. The van der Waals surface area contributed by atoms with Gasteiger partial charge in [0, 0.05) is 25.7 Å². The highest BCUT2D eigenvalue weighted by atomic mass is 32.2. The van der Waals surface area contributed by atoms with Crippen LogP contribution in [0.3, 0.4) is 0 Å². The van der Waals surface area contributed by atoms with Gasteiger partial charge >= 0.3 is 0 Å². The van der Waals surface area contributed by atoms with Crippen molar-refractivity contribution in [3.05, 3.63) is 48.2 Å². The van der Waals surface area contributed by atoms with Crippen LogP contribution in [0.15, 0.2) is 47.8 Å². The molecule has 0 atom stereocenters. The lowest BCUT2D eigenvalue weighted by Gasteiger charge is -2.28. The van der Waals surface area contributed by atoms with Gasteiger partial charge in [-0.15, -0.1) is 0 Å². The van der Waals surface area contributed by atoms with Crippen LogP contribution < -0.4 is 10.2 Å². The molecule has 4 rings (SSSR count). The topological polar surface area (TPSA) is 85.2 Å². The molecule has 3 aromatic rings. The number of hydrogen-bond donors (Lipinski definition) is 1. The minimum Gasteiger partial charge on any atom is -0.378 e. The fraction of sp³-hybridized carbons (Fsp3) is 0.364. The highest BCUT2D eigenvalue weighted by Gasteiger charge is 2.20. The summed E-state index contributed by atoms with van der Waals surface area (Å²) in [5, 5.41) is 9.10. The van der Waals surface area contributed by atoms with Crippen molar-refractivity contribution in [1.29, 1.82) is 0 Å². The number of aromatic nitrogens is 4. The average Bonchev–Trinajstić information content (AvgIpc) is 3.21. The van der Waals surface area contributed by atoms with Crippen LogP contribution in [0.4, 0.5) is 5.82 Å². The van der Waals surface area contributed by atoms with E-state index in [0.717, 1.165) is 46.4 Å². The Morgan fingerprint density at radius 1 is 1.23 bits per heavy atom. The Balaban J connectivity index is 1.45. The summed E-state index contributed by atoms with van der Waals surface area (Å²) in [6.07, 6.45) is 5.16. The molecule has 1 aliphatic rings. The van der Waals surface area contributed by atoms with E-state index < -0.39 is 0 Å². The van der Waals surface area contributed by atoms with Gasteiger partial charge in [-0.05, 0) is 17.4 Å². The number of nitrogens with one attached hydrogen (secondary N) is 1. The van der Waals surface area contributed by atoms with Gasteiger partial charge in [-0.1, -0.05) is 49.0 Å². The minimum absolute atomic E-state index is 0.133. The molecule has 9 heteroatoms. The van der Waals surface area contributed by atoms with Crippen LogP contribution in [0, 0.1) is 0 Å². The summed E-state index contributed by atoms with van der Waals surface area (Å²) < 4.78 is 7.32. The van der Waals surface area contributed by atoms with Crippen molar-refractivity contribution in [2.24, 2.45) is 0 Å². The Morgan fingerprint density at radius 2 is 2.03 bits per heavy atom. The predicted octanol–water partition coefficient (Wildman–Crippen LogP) is 2.60. The highest BCUT2D eigenvalue weighted by molar-refractivity contribution is 7.99. The maximum atomic E-state index is 12.1. The molecule has 0 radical (unpaired) electrons. The zero-order chi connectivity index (χ0) is 21.5. The van der Waals surface area contributed by atoms with Crippen molar-refractivity contribution < 1.29 is 9.53 Å². The Labute approximate surface area is 185 Å². The molecular weight excluding hydrogens is 412 g/mol. The number of carbonyl (C=O) groups excluding carboxylic acids is 1. The van der Waals surface area contributed by atoms with Gasteiger partial charge in [0.1, 0.15) is 5.82 Å². The molecule has 31 heavy (non-hydrogen) atoms. The number of ether oxygens (including phenoxy) is 1. The number of rotatable bonds is 8. The number of nitrogens with zero attached hydrogens (tertiary/aromatic N) is 5. The first-order valence-corrected chi connectivity index (χ1v) is 11.4. The van der Waals surface area contributed by atoms with E-state index in [1.807, 2.05) is 41.2 Å². The van der Waals surface area contributed by atoms with Gasteiger partial charge in [0.25, 0.3) is 0 Å². The molecule has 8 nitrogen and oxygen atoms in total. The van der Waals surface area contributed by atoms with E-state index in [0.29, 0.717) is 26.3 Å². The van der Waals surface area contributed by atoms with Gasteiger partial charge in [-0.25, -0.2) is 14.6 Å². The van der Waals surface area contributed by atoms with E-state index in [1.54, 1.807) is 23.9 Å². The molecule has 0 bridgehead atoms. The Morgan fingerprint density at radius 3 is 2.81 bits per heavy atom. The first-order valence-electron chi connectivity index (χ1n) is 10.4. The Bertz CT molecular complexity index is 1050. The molecule has 162 valence electrons. The van der Waals surface area contributed by atoms with Gasteiger partial charge < -0.3 is 15.0 Å². The summed E-state index contributed by atoms with van der Waals surface area (Å²) in [6.45, 7) is 6.07. The predicted molar refractivity (Wildman–Crippen MR) is 123 cm³/mol. The summed E-state index contributed by atoms with van der Waals surface area (Å²) in [7, 11) is 0. The van der Waals surface area contributed by atoms with Crippen molar-refractivity contribution in [3.8, 4) is 0 Å². The molecular formula is C22H26N6O2S. The quantitative estimate of drug-likeness (QED) is 0.329. The third kappa shape index (κ3) is 5.42. The summed E-state index contributed by atoms with van der Waals surface area (Å²) in [5.41, 5.74) is 1.78. The van der Waals surface area contributed by atoms with Crippen molar-refractivity contribution in [3.63, 3.8) is 0 Å². The maximum Gasteiger partial charge on any atom is 0.244 e. The smallest absolute Gasteiger partial charge is 0.244 e. The van der Waals surface area contributed by atoms with Gasteiger partial charge in [0.15, 0.2) is 10.8 Å². The van der Waals surface area contributed by atoms with Gasteiger partial charge in [0.05, 0.1) is 31.3 Å². The molecule has 1 aliphatic heterocycles. The van der Waals surface area contributed by atoms with E-state index >= 15 is 0 Å². The monoisotopic (exact) mass is 438 g/mol. The average molecular weight is 439 g/mol. The van der Waals surface area contributed by atoms with Crippen LogP contribution in [0.25, 0.3) is 17.1 Å². The SMILES string of the molecule is CCSc1nc(N2CCOCC2)c2cnn(CCNC(=O)C=Cc3ccccc3)c2n1. The van der Waals surface area contributed by atoms with Crippen LogP contribution in [-0.4, -0.2) is 64.3 Å². The first kappa shape index (κ1) is 21.3. The van der Waals surface area contributed by atoms with Crippen LogP contribution in [-0.2, 0) is 16.1 Å². The highest BCUT2D eigenvalue weighted by Crippen LogP contribution is 2.27. The van der Waals surface area contributed by atoms with Gasteiger partial charge in [0.2, 0.25) is 5.91 Å². The largest absolute Gasteiger partial charge is 0.378 e. The summed E-state index contributed by atoms with van der Waals surface area (Å²) in [6, 6.07) is 9.75. The van der Waals surface area contributed by atoms with Gasteiger partial charge in [-0.2, -0.15) is 5.10 Å². The second-order valence-electron chi connectivity index (χ2n) is 7.00. The van der Waals surface area contributed by atoms with Crippen LogP contribution in [0.2, 0.25) is 0 Å². The molecule has 1 N–H and O–H groups in total. The third-order valence-electron chi connectivity index (χ3n) is 4.89. The Kier molecular flexibility index (Phi) is 7.16. The van der Waals surface area contributed by atoms with Crippen molar-refractivity contribution >= 4 is 40.6 Å².